The third-order valence-electron chi connectivity index (χ3n) is 3.73. The van der Waals surface area contributed by atoms with Crippen molar-refractivity contribution in [1.29, 1.82) is 0 Å². The van der Waals surface area contributed by atoms with Crippen LogP contribution in [-0.2, 0) is 16.1 Å². The summed E-state index contributed by atoms with van der Waals surface area (Å²) in [5, 5.41) is 9.41. The highest BCUT2D eigenvalue weighted by Gasteiger charge is 2.34. The molecule has 1 N–H and O–H groups in total. The number of nitrogens with zero attached hydrogens (tertiary/aromatic N) is 1. The summed E-state index contributed by atoms with van der Waals surface area (Å²) in [7, 11) is 0. The molecule has 0 aromatic heterocycles. The van der Waals surface area contributed by atoms with Gasteiger partial charge in [0, 0.05) is 12.1 Å². The first-order valence-corrected chi connectivity index (χ1v) is 8.47. The van der Waals surface area contributed by atoms with Gasteiger partial charge in [0.05, 0.1) is 5.02 Å². The van der Waals surface area contributed by atoms with Crippen molar-refractivity contribution >= 4 is 23.7 Å². The zero-order valence-electron chi connectivity index (χ0n) is 14.2. The molecule has 26 heavy (non-hydrogen) atoms. The first kappa shape index (κ1) is 19.7. The maximum Gasteiger partial charge on any atom is 0.411 e. The van der Waals surface area contributed by atoms with E-state index in [1.807, 2.05) is 6.07 Å². The molecule has 0 heterocycles. The zero-order valence-corrected chi connectivity index (χ0v) is 14.9. The molecule has 1 amide bonds. The highest BCUT2D eigenvalue weighted by molar-refractivity contribution is 6.30. The van der Waals surface area contributed by atoms with Gasteiger partial charge < -0.3 is 9.84 Å². The van der Waals surface area contributed by atoms with Crippen molar-refractivity contribution in [1.82, 2.24) is 4.90 Å². The van der Waals surface area contributed by atoms with Crippen molar-refractivity contribution in [2.45, 2.75) is 26.0 Å². The summed E-state index contributed by atoms with van der Waals surface area (Å²) < 4.78 is 19.6. The molecular weight excluding hydrogens is 361 g/mol. The van der Waals surface area contributed by atoms with E-state index in [1.165, 1.54) is 18.2 Å². The van der Waals surface area contributed by atoms with Gasteiger partial charge in [-0.1, -0.05) is 61.0 Å². The zero-order chi connectivity index (χ0) is 19.1. The number of amides is 1. The minimum absolute atomic E-state index is 0.00967. The lowest BCUT2D eigenvalue weighted by Gasteiger charge is -2.28. The molecule has 5 nitrogen and oxygen atoms in total. The summed E-state index contributed by atoms with van der Waals surface area (Å²) in [6.45, 7) is 1.87. The van der Waals surface area contributed by atoms with E-state index in [1.54, 1.807) is 31.2 Å². The van der Waals surface area contributed by atoms with Gasteiger partial charge in [-0.2, -0.15) is 0 Å². The van der Waals surface area contributed by atoms with E-state index < -0.39 is 23.9 Å². The Morgan fingerprint density at radius 3 is 2.50 bits per heavy atom. The van der Waals surface area contributed by atoms with Gasteiger partial charge in [-0.05, 0) is 18.1 Å². The second-order valence-electron chi connectivity index (χ2n) is 5.62. The van der Waals surface area contributed by atoms with E-state index >= 15 is 0 Å². The van der Waals surface area contributed by atoms with Crippen molar-refractivity contribution in [3.8, 4) is 0 Å². The van der Waals surface area contributed by atoms with E-state index in [0.29, 0.717) is 6.42 Å². The number of hydrogen-bond acceptors (Lipinski definition) is 3. The maximum absolute atomic E-state index is 14.4. The quantitative estimate of drug-likeness (QED) is 0.760. The Labute approximate surface area is 156 Å². The average molecular weight is 380 g/mol. The highest BCUT2D eigenvalue weighted by Crippen LogP contribution is 2.28. The first-order chi connectivity index (χ1) is 12.5. The molecule has 0 aliphatic carbocycles. The Bertz CT molecular complexity index is 769. The third-order valence-corrected chi connectivity index (χ3v) is 4.02. The number of benzene rings is 2. The monoisotopic (exact) mass is 379 g/mol. The summed E-state index contributed by atoms with van der Waals surface area (Å²) in [6.07, 6.45) is -0.352. The predicted octanol–water partition coefficient (Wildman–Crippen LogP) is 4.65. The Kier molecular flexibility index (Phi) is 6.97. The van der Waals surface area contributed by atoms with E-state index in [9.17, 15) is 19.1 Å². The third kappa shape index (κ3) is 4.73. The van der Waals surface area contributed by atoms with Crippen LogP contribution in [0.25, 0.3) is 0 Å². The summed E-state index contributed by atoms with van der Waals surface area (Å²) >= 11 is 5.76. The number of aliphatic carboxylic acids is 1. The minimum atomic E-state index is -1.53. The lowest BCUT2D eigenvalue weighted by atomic mass is 10.0. The average Bonchev–Trinajstić information content (AvgIpc) is 2.63. The molecule has 1 unspecified atom stereocenters. The Hall–Kier alpha value is -2.60. The van der Waals surface area contributed by atoms with E-state index in [0.717, 1.165) is 10.5 Å². The van der Waals surface area contributed by atoms with Crippen molar-refractivity contribution in [2.24, 2.45) is 0 Å². The number of carboxylic acid groups (broad SMARTS) is 1. The fourth-order valence-electron chi connectivity index (χ4n) is 2.53. The maximum atomic E-state index is 14.4. The summed E-state index contributed by atoms with van der Waals surface area (Å²) in [4.78, 5) is 25.3. The van der Waals surface area contributed by atoms with Crippen molar-refractivity contribution in [2.75, 3.05) is 6.54 Å². The summed E-state index contributed by atoms with van der Waals surface area (Å²) in [6, 6.07) is 11.5. The number of carbonyl (C=O) groups excluding carboxylic acids is 1. The van der Waals surface area contributed by atoms with Crippen molar-refractivity contribution in [3.63, 3.8) is 0 Å². The number of halogens is 2. The molecule has 7 heteroatoms. The van der Waals surface area contributed by atoms with Crippen LogP contribution in [-0.4, -0.2) is 28.6 Å². The number of carboxylic acids is 1. The van der Waals surface area contributed by atoms with Gasteiger partial charge in [0.2, 0.25) is 0 Å². The molecule has 0 aliphatic heterocycles. The number of ether oxygens (including phenoxy) is 1. The topological polar surface area (TPSA) is 66.8 Å². The minimum Gasteiger partial charge on any atom is -0.479 e. The molecule has 0 bridgehead atoms. The molecule has 0 fully saturated rings. The molecule has 2 aromatic rings. The molecule has 0 aliphatic rings. The van der Waals surface area contributed by atoms with Crippen LogP contribution in [0.4, 0.5) is 9.18 Å². The Balaban J connectivity index is 2.27. The van der Waals surface area contributed by atoms with Crippen molar-refractivity contribution < 1.29 is 23.8 Å². The predicted molar refractivity (Wildman–Crippen MR) is 95.4 cm³/mol. The van der Waals surface area contributed by atoms with Crippen LogP contribution >= 0.6 is 11.6 Å². The van der Waals surface area contributed by atoms with Gasteiger partial charge in [-0.25, -0.2) is 14.0 Å². The highest BCUT2D eigenvalue weighted by atomic mass is 35.5. The molecule has 138 valence electrons. The molecule has 0 spiro atoms. The van der Waals surface area contributed by atoms with Gasteiger partial charge in [0.25, 0.3) is 0 Å². The van der Waals surface area contributed by atoms with Crippen LogP contribution in [0, 0.1) is 5.82 Å². The smallest absolute Gasteiger partial charge is 0.411 e. The fourth-order valence-corrected chi connectivity index (χ4v) is 2.72. The van der Waals surface area contributed by atoms with Gasteiger partial charge in [-0.15, -0.1) is 0 Å². The largest absolute Gasteiger partial charge is 0.479 e. The molecule has 2 aromatic carbocycles. The SMILES string of the molecule is CCCN(C(=O)OCc1ccccc1)C(C(=O)O)c1cccc(Cl)c1F. The molecular formula is C19H19ClFNO4. The molecule has 1 atom stereocenters. The second kappa shape index (κ2) is 9.20. The second-order valence-corrected chi connectivity index (χ2v) is 6.02. The van der Waals surface area contributed by atoms with Gasteiger partial charge in [0.15, 0.2) is 6.04 Å². The number of carbonyl (C=O) groups is 2. The fraction of sp³-hybridized carbons (Fsp3) is 0.263. The normalized spacial score (nSPS) is 11.7. The van der Waals surface area contributed by atoms with Gasteiger partial charge >= 0.3 is 12.1 Å². The lowest BCUT2D eigenvalue weighted by Crippen LogP contribution is -2.40. The standard InChI is InChI=1S/C19H19ClFNO4/c1-2-11-22(19(25)26-12-13-7-4-3-5-8-13)17(18(23)24)14-9-6-10-15(20)16(14)21/h3-10,17H,2,11-12H2,1H3,(H,23,24). The summed E-state index contributed by atoms with van der Waals surface area (Å²) in [5.41, 5.74) is 0.577. The number of hydrogen-bond donors (Lipinski definition) is 1. The lowest BCUT2D eigenvalue weighted by molar-refractivity contribution is -0.143. The van der Waals surface area contributed by atoms with Crippen LogP contribution in [0.1, 0.15) is 30.5 Å². The number of rotatable bonds is 7. The van der Waals surface area contributed by atoms with Gasteiger partial charge in [-0.3, -0.25) is 4.90 Å². The Morgan fingerprint density at radius 1 is 1.19 bits per heavy atom. The van der Waals surface area contributed by atoms with Crippen LogP contribution in [0.5, 0.6) is 0 Å². The molecule has 0 saturated carbocycles. The van der Waals surface area contributed by atoms with Crippen LogP contribution in [0.2, 0.25) is 5.02 Å². The van der Waals surface area contributed by atoms with E-state index in [-0.39, 0.29) is 23.7 Å². The summed E-state index contributed by atoms with van der Waals surface area (Å²) in [5.74, 6) is -2.23. The van der Waals surface area contributed by atoms with Crippen LogP contribution in [0.15, 0.2) is 48.5 Å². The van der Waals surface area contributed by atoms with E-state index in [4.69, 9.17) is 16.3 Å². The van der Waals surface area contributed by atoms with Crippen LogP contribution in [0.3, 0.4) is 0 Å². The van der Waals surface area contributed by atoms with Gasteiger partial charge in [0.1, 0.15) is 12.4 Å². The molecule has 0 radical (unpaired) electrons. The van der Waals surface area contributed by atoms with Crippen molar-refractivity contribution in [3.05, 3.63) is 70.5 Å². The van der Waals surface area contributed by atoms with Crippen LogP contribution < -0.4 is 0 Å². The molecule has 0 saturated heterocycles. The molecule has 2 rings (SSSR count). The van der Waals surface area contributed by atoms with E-state index in [2.05, 4.69) is 0 Å². The Morgan fingerprint density at radius 2 is 1.88 bits per heavy atom. The first-order valence-electron chi connectivity index (χ1n) is 8.09.